The van der Waals surface area contributed by atoms with Crippen LogP contribution in [0, 0.1) is 5.41 Å². The molecule has 1 aromatic rings. The molecule has 0 aliphatic heterocycles. The highest BCUT2D eigenvalue weighted by Crippen LogP contribution is 2.33. The Bertz CT molecular complexity index is 311. The lowest BCUT2D eigenvalue weighted by Crippen LogP contribution is -2.17. The Labute approximate surface area is 94.7 Å². The smallest absolute Gasteiger partial charge is 0.135 e. The van der Waals surface area contributed by atoms with Crippen molar-refractivity contribution in [1.82, 2.24) is 9.97 Å². The second-order valence-corrected chi connectivity index (χ2v) is 5.23. The quantitative estimate of drug-likeness (QED) is 0.686. The van der Waals surface area contributed by atoms with E-state index >= 15 is 0 Å². The minimum absolute atomic E-state index is 0.105. The van der Waals surface area contributed by atoms with E-state index in [4.69, 9.17) is 23.2 Å². The Morgan fingerprint density at radius 3 is 1.93 bits per heavy atom. The topological polar surface area (TPSA) is 25.8 Å². The predicted octanol–water partition coefficient (Wildman–Crippen LogP) is 3.93. The van der Waals surface area contributed by atoms with E-state index in [1.165, 1.54) is 0 Å². The molecule has 4 heteroatoms. The molecule has 1 atom stereocenters. The first-order chi connectivity index (χ1) is 6.30. The van der Waals surface area contributed by atoms with Crippen molar-refractivity contribution in [3.63, 3.8) is 0 Å². The van der Waals surface area contributed by atoms with Gasteiger partial charge in [0.2, 0.25) is 0 Å². The van der Waals surface area contributed by atoms with Crippen LogP contribution in [0.4, 0.5) is 0 Å². The largest absolute Gasteiger partial charge is 0.221 e. The van der Waals surface area contributed by atoms with Gasteiger partial charge in [-0.15, -0.1) is 0 Å². The average molecular weight is 233 g/mol. The van der Waals surface area contributed by atoms with Crippen molar-refractivity contribution in [2.45, 2.75) is 33.6 Å². The minimum atomic E-state index is 0.105. The number of rotatable bonds is 1. The van der Waals surface area contributed by atoms with Crippen LogP contribution in [0.2, 0.25) is 10.3 Å². The zero-order chi connectivity index (χ0) is 10.9. The third kappa shape index (κ3) is 2.82. The van der Waals surface area contributed by atoms with Crippen LogP contribution in [-0.4, -0.2) is 9.97 Å². The first-order valence-corrected chi connectivity index (χ1v) is 5.26. The number of nitrogens with zero attached hydrogens (tertiary/aromatic N) is 2. The minimum Gasteiger partial charge on any atom is -0.221 e. The molecule has 1 heterocycles. The first kappa shape index (κ1) is 11.7. The Hall–Kier alpha value is -0.340. The molecule has 2 nitrogen and oxygen atoms in total. The average Bonchev–Trinajstić information content (AvgIpc) is 1.99. The van der Waals surface area contributed by atoms with Crippen molar-refractivity contribution in [1.29, 1.82) is 0 Å². The normalized spacial score (nSPS) is 14.1. The van der Waals surface area contributed by atoms with Crippen LogP contribution in [0.3, 0.4) is 0 Å². The van der Waals surface area contributed by atoms with Gasteiger partial charge in [0.1, 0.15) is 16.1 Å². The summed E-state index contributed by atoms with van der Waals surface area (Å²) < 4.78 is 0. The van der Waals surface area contributed by atoms with E-state index in [1.807, 2.05) is 0 Å². The van der Waals surface area contributed by atoms with Gasteiger partial charge in [-0.25, -0.2) is 9.97 Å². The van der Waals surface area contributed by atoms with Crippen molar-refractivity contribution in [3.05, 3.63) is 22.2 Å². The van der Waals surface area contributed by atoms with E-state index in [9.17, 15) is 0 Å². The van der Waals surface area contributed by atoms with E-state index in [2.05, 4.69) is 37.7 Å². The van der Waals surface area contributed by atoms with Gasteiger partial charge in [-0.1, -0.05) is 50.9 Å². The van der Waals surface area contributed by atoms with E-state index in [-0.39, 0.29) is 11.3 Å². The molecule has 0 amide bonds. The monoisotopic (exact) mass is 232 g/mol. The Balaban J connectivity index is 3.07. The van der Waals surface area contributed by atoms with Crippen LogP contribution >= 0.6 is 23.2 Å². The predicted molar refractivity (Wildman–Crippen MR) is 59.9 cm³/mol. The molecule has 0 spiro atoms. The molecule has 14 heavy (non-hydrogen) atoms. The Kier molecular flexibility index (Phi) is 3.38. The van der Waals surface area contributed by atoms with Gasteiger partial charge in [0, 0.05) is 12.0 Å². The Morgan fingerprint density at radius 2 is 1.57 bits per heavy atom. The van der Waals surface area contributed by atoms with E-state index in [1.54, 1.807) is 6.07 Å². The van der Waals surface area contributed by atoms with Gasteiger partial charge in [0.05, 0.1) is 0 Å². The van der Waals surface area contributed by atoms with Crippen molar-refractivity contribution < 1.29 is 0 Å². The molecule has 1 unspecified atom stereocenters. The third-order valence-electron chi connectivity index (χ3n) is 2.37. The molecule has 0 radical (unpaired) electrons. The summed E-state index contributed by atoms with van der Waals surface area (Å²) in [5.41, 5.74) is 0.105. The molecular formula is C10H14Cl2N2. The fraction of sp³-hybridized carbons (Fsp3) is 0.600. The number of hydrogen-bond donors (Lipinski definition) is 0. The summed E-state index contributed by atoms with van der Waals surface area (Å²) in [6.45, 7) is 8.48. The summed E-state index contributed by atoms with van der Waals surface area (Å²) in [6.07, 6.45) is 0. The lowest BCUT2D eigenvalue weighted by molar-refractivity contribution is 0.328. The van der Waals surface area contributed by atoms with Gasteiger partial charge in [0.15, 0.2) is 0 Å². The maximum Gasteiger partial charge on any atom is 0.135 e. The maximum atomic E-state index is 5.81. The zero-order valence-corrected chi connectivity index (χ0v) is 10.3. The van der Waals surface area contributed by atoms with Gasteiger partial charge in [-0.3, -0.25) is 0 Å². The van der Waals surface area contributed by atoms with Crippen LogP contribution in [0.15, 0.2) is 6.07 Å². The summed E-state index contributed by atoms with van der Waals surface area (Å²) in [6, 6.07) is 1.54. The van der Waals surface area contributed by atoms with Crippen molar-refractivity contribution in [2.75, 3.05) is 0 Å². The van der Waals surface area contributed by atoms with E-state index in [0.717, 1.165) is 0 Å². The van der Waals surface area contributed by atoms with Gasteiger partial charge in [-0.2, -0.15) is 0 Å². The van der Waals surface area contributed by atoms with Gasteiger partial charge < -0.3 is 0 Å². The molecule has 0 aliphatic rings. The van der Waals surface area contributed by atoms with E-state index in [0.29, 0.717) is 16.1 Å². The molecule has 0 fully saturated rings. The molecule has 0 bridgehead atoms. The molecule has 0 N–H and O–H groups in total. The molecular weight excluding hydrogens is 219 g/mol. The summed E-state index contributed by atoms with van der Waals surface area (Å²) in [5.74, 6) is 0.925. The van der Waals surface area contributed by atoms with Gasteiger partial charge in [0.25, 0.3) is 0 Å². The van der Waals surface area contributed by atoms with Gasteiger partial charge >= 0.3 is 0 Å². The molecule has 1 rings (SSSR count). The lowest BCUT2D eigenvalue weighted by atomic mass is 9.81. The van der Waals surface area contributed by atoms with Crippen molar-refractivity contribution in [2.24, 2.45) is 5.41 Å². The maximum absolute atomic E-state index is 5.81. The third-order valence-corrected chi connectivity index (χ3v) is 2.75. The summed E-state index contributed by atoms with van der Waals surface area (Å²) in [7, 11) is 0. The van der Waals surface area contributed by atoms with Crippen molar-refractivity contribution >= 4 is 23.2 Å². The number of halogens is 2. The molecule has 1 aromatic heterocycles. The second kappa shape index (κ2) is 4.03. The zero-order valence-electron chi connectivity index (χ0n) is 8.81. The summed E-state index contributed by atoms with van der Waals surface area (Å²) >= 11 is 11.6. The van der Waals surface area contributed by atoms with Crippen LogP contribution in [0.1, 0.15) is 39.4 Å². The van der Waals surface area contributed by atoms with Crippen LogP contribution in [0.5, 0.6) is 0 Å². The standard InChI is InChI=1S/C10H14Cl2N2/c1-6(10(2,3)4)9-13-7(11)5-8(12)14-9/h5-6H,1-4H3. The fourth-order valence-corrected chi connectivity index (χ4v) is 1.42. The molecule has 0 saturated carbocycles. The lowest BCUT2D eigenvalue weighted by Gasteiger charge is -2.25. The molecule has 0 aliphatic carbocycles. The highest BCUT2D eigenvalue weighted by Gasteiger charge is 2.24. The second-order valence-electron chi connectivity index (χ2n) is 4.46. The Morgan fingerprint density at radius 1 is 1.14 bits per heavy atom. The number of aromatic nitrogens is 2. The number of hydrogen-bond acceptors (Lipinski definition) is 2. The van der Waals surface area contributed by atoms with Crippen LogP contribution in [-0.2, 0) is 0 Å². The summed E-state index contributed by atoms with van der Waals surface area (Å²) in [5, 5.41) is 0.798. The molecule has 0 saturated heterocycles. The highest BCUT2D eigenvalue weighted by atomic mass is 35.5. The summed E-state index contributed by atoms with van der Waals surface area (Å²) in [4.78, 5) is 8.34. The van der Waals surface area contributed by atoms with Crippen molar-refractivity contribution in [3.8, 4) is 0 Å². The first-order valence-electron chi connectivity index (χ1n) is 4.50. The van der Waals surface area contributed by atoms with Crippen LogP contribution < -0.4 is 0 Å². The molecule has 78 valence electrons. The van der Waals surface area contributed by atoms with Gasteiger partial charge in [-0.05, 0) is 5.41 Å². The van der Waals surface area contributed by atoms with E-state index < -0.39 is 0 Å². The highest BCUT2D eigenvalue weighted by molar-refractivity contribution is 6.33. The SMILES string of the molecule is CC(c1nc(Cl)cc(Cl)n1)C(C)(C)C. The fourth-order valence-electron chi connectivity index (χ4n) is 0.988. The molecule has 0 aromatic carbocycles. The van der Waals surface area contributed by atoms with Crippen LogP contribution in [0.25, 0.3) is 0 Å².